The molecular formula is C17H26N2O. The summed E-state index contributed by atoms with van der Waals surface area (Å²) >= 11 is 0. The van der Waals surface area contributed by atoms with E-state index in [1.54, 1.807) is 0 Å². The van der Waals surface area contributed by atoms with Crippen LogP contribution in [0.5, 0.6) is 0 Å². The highest BCUT2D eigenvalue weighted by Gasteiger charge is 2.38. The molecule has 2 unspecified atom stereocenters. The zero-order valence-corrected chi connectivity index (χ0v) is 12.6. The van der Waals surface area contributed by atoms with Crippen molar-refractivity contribution < 1.29 is 4.79 Å². The molecule has 20 heavy (non-hydrogen) atoms. The highest BCUT2D eigenvalue weighted by Crippen LogP contribution is 2.32. The number of nitrogens with two attached hydrogens (primary N) is 1. The third-order valence-electron chi connectivity index (χ3n) is 4.51. The second kappa shape index (κ2) is 6.40. The molecule has 1 aromatic carbocycles. The van der Waals surface area contributed by atoms with Crippen molar-refractivity contribution in [2.24, 2.45) is 11.7 Å². The molecule has 0 spiro atoms. The van der Waals surface area contributed by atoms with Crippen LogP contribution >= 0.6 is 0 Å². The second-order valence-electron chi connectivity index (χ2n) is 6.30. The number of nitrogens with zero attached hydrogens (tertiary/aromatic N) is 1. The molecule has 2 rings (SSSR count). The van der Waals surface area contributed by atoms with Gasteiger partial charge in [-0.2, -0.15) is 0 Å². The number of rotatable bonds is 4. The molecule has 1 aliphatic rings. The van der Waals surface area contributed by atoms with Gasteiger partial charge in [-0.05, 0) is 31.7 Å². The lowest BCUT2D eigenvalue weighted by Gasteiger charge is -2.39. The van der Waals surface area contributed by atoms with Gasteiger partial charge in [-0.25, -0.2) is 0 Å². The first-order chi connectivity index (χ1) is 9.50. The van der Waals surface area contributed by atoms with Crippen molar-refractivity contribution in [3.63, 3.8) is 0 Å². The van der Waals surface area contributed by atoms with Gasteiger partial charge < -0.3 is 10.6 Å². The van der Waals surface area contributed by atoms with Crippen LogP contribution in [-0.2, 0) is 11.2 Å². The SMILES string of the molecule is CN(CCc1ccccc1)C(=O)C1CCCCC1(C)N. The van der Waals surface area contributed by atoms with Crippen LogP contribution in [0.25, 0.3) is 0 Å². The van der Waals surface area contributed by atoms with Gasteiger partial charge in [0, 0.05) is 19.1 Å². The van der Waals surface area contributed by atoms with Crippen LogP contribution in [0.4, 0.5) is 0 Å². The Morgan fingerprint density at radius 1 is 1.35 bits per heavy atom. The van der Waals surface area contributed by atoms with Gasteiger partial charge in [0.15, 0.2) is 0 Å². The molecule has 1 aromatic rings. The van der Waals surface area contributed by atoms with Gasteiger partial charge in [-0.1, -0.05) is 43.2 Å². The topological polar surface area (TPSA) is 46.3 Å². The molecular weight excluding hydrogens is 248 g/mol. The van der Waals surface area contributed by atoms with E-state index in [0.717, 1.165) is 38.6 Å². The number of likely N-dealkylation sites (N-methyl/N-ethyl adjacent to an activating group) is 1. The zero-order valence-electron chi connectivity index (χ0n) is 12.6. The van der Waals surface area contributed by atoms with Gasteiger partial charge in [-0.15, -0.1) is 0 Å². The Hall–Kier alpha value is -1.35. The maximum Gasteiger partial charge on any atom is 0.227 e. The molecule has 1 amide bonds. The lowest BCUT2D eigenvalue weighted by atomic mass is 9.74. The summed E-state index contributed by atoms with van der Waals surface area (Å²) in [5.74, 6) is 0.197. The quantitative estimate of drug-likeness (QED) is 0.917. The van der Waals surface area contributed by atoms with E-state index in [0.29, 0.717) is 0 Å². The summed E-state index contributed by atoms with van der Waals surface area (Å²) in [6.07, 6.45) is 5.05. The maximum atomic E-state index is 12.6. The lowest BCUT2D eigenvalue weighted by molar-refractivity contribution is -0.137. The minimum Gasteiger partial charge on any atom is -0.345 e. The fourth-order valence-corrected chi connectivity index (χ4v) is 3.08. The van der Waals surface area contributed by atoms with Gasteiger partial charge in [-0.3, -0.25) is 4.79 Å². The lowest BCUT2D eigenvalue weighted by Crippen LogP contribution is -2.53. The molecule has 0 aliphatic heterocycles. The molecule has 0 saturated heterocycles. The van der Waals surface area contributed by atoms with E-state index in [2.05, 4.69) is 12.1 Å². The minimum atomic E-state index is -0.337. The number of hydrogen-bond acceptors (Lipinski definition) is 2. The molecule has 0 bridgehead atoms. The molecule has 3 nitrogen and oxygen atoms in total. The van der Waals surface area contributed by atoms with Crippen molar-refractivity contribution in [1.82, 2.24) is 4.90 Å². The summed E-state index contributed by atoms with van der Waals surface area (Å²) in [6.45, 7) is 2.79. The van der Waals surface area contributed by atoms with Crippen molar-refractivity contribution in [2.45, 2.75) is 44.6 Å². The van der Waals surface area contributed by atoms with E-state index < -0.39 is 0 Å². The Kier molecular flexibility index (Phi) is 4.81. The fourth-order valence-electron chi connectivity index (χ4n) is 3.08. The van der Waals surface area contributed by atoms with Crippen LogP contribution in [0.1, 0.15) is 38.2 Å². The van der Waals surface area contributed by atoms with Crippen LogP contribution < -0.4 is 5.73 Å². The molecule has 0 aromatic heterocycles. The predicted molar refractivity (Wildman–Crippen MR) is 82.3 cm³/mol. The van der Waals surface area contributed by atoms with Crippen LogP contribution in [0.2, 0.25) is 0 Å². The molecule has 1 aliphatic carbocycles. The first kappa shape index (κ1) is 15.0. The Labute approximate surface area is 122 Å². The van der Waals surface area contributed by atoms with Crippen LogP contribution in [0.15, 0.2) is 30.3 Å². The highest BCUT2D eigenvalue weighted by molar-refractivity contribution is 5.80. The largest absolute Gasteiger partial charge is 0.345 e. The molecule has 110 valence electrons. The Bertz CT molecular complexity index is 442. The normalized spacial score (nSPS) is 26.2. The molecule has 1 saturated carbocycles. The highest BCUT2D eigenvalue weighted by atomic mass is 16.2. The Morgan fingerprint density at radius 3 is 2.70 bits per heavy atom. The van der Waals surface area contributed by atoms with Gasteiger partial charge in [0.25, 0.3) is 0 Å². The van der Waals surface area contributed by atoms with Crippen molar-refractivity contribution in [2.75, 3.05) is 13.6 Å². The van der Waals surface area contributed by atoms with E-state index >= 15 is 0 Å². The summed E-state index contributed by atoms with van der Waals surface area (Å²) in [7, 11) is 1.90. The van der Waals surface area contributed by atoms with Gasteiger partial charge in [0.05, 0.1) is 5.92 Å². The summed E-state index contributed by atoms with van der Waals surface area (Å²) in [6, 6.07) is 10.3. The Morgan fingerprint density at radius 2 is 2.05 bits per heavy atom. The summed E-state index contributed by atoms with van der Waals surface area (Å²) in [4.78, 5) is 14.4. The van der Waals surface area contributed by atoms with Crippen LogP contribution in [0, 0.1) is 5.92 Å². The van der Waals surface area contributed by atoms with Crippen LogP contribution in [-0.4, -0.2) is 29.9 Å². The van der Waals surface area contributed by atoms with E-state index in [1.165, 1.54) is 5.56 Å². The molecule has 2 N–H and O–H groups in total. The predicted octanol–water partition coefficient (Wildman–Crippen LogP) is 2.60. The Balaban J connectivity index is 1.91. The van der Waals surface area contributed by atoms with E-state index in [4.69, 9.17) is 5.73 Å². The van der Waals surface area contributed by atoms with E-state index in [9.17, 15) is 4.79 Å². The van der Waals surface area contributed by atoms with Crippen molar-refractivity contribution in [1.29, 1.82) is 0 Å². The number of benzene rings is 1. The third kappa shape index (κ3) is 3.60. The van der Waals surface area contributed by atoms with Gasteiger partial charge >= 0.3 is 0 Å². The maximum absolute atomic E-state index is 12.6. The molecule has 0 heterocycles. The molecule has 2 atom stereocenters. The smallest absolute Gasteiger partial charge is 0.227 e. The number of amides is 1. The zero-order chi connectivity index (χ0) is 14.6. The molecule has 0 radical (unpaired) electrons. The average molecular weight is 274 g/mol. The number of carbonyl (C=O) groups is 1. The molecule has 1 fully saturated rings. The first-order valence-electron chi connectivity index (χ1n) is 7.58. The van der Waals surface area contributed by atoms with E-state index in [-0.39, 0.29) is 17.4 Å². The van der Waals surface area contributed by atoms with E-state index in [1.807, 2.05) is 37.1 Å². The van der Waals surface area contributed by atoms with Crippen LogP contribution in [0.3, 0.4) is 0 Å². The van der Waals surface area contributed by atoms with Crippen molar-refractivity contribution in [3.05, 3.63) is 35.9 Å². The minimum absolute atomic E-state index is 0.0166. The summed E-state index contributed by atoms with van der Waals surface area (Å²) in [5.41, 5.74) is 7.25. The van der Waals surface area contributed by atoms with Crippen molar-refractivity contribution in [3.8, 4) is 0 Å². The molecule has 3 heteroatoms. The van der Waals surface area contributed by atoms with Gasteiger partial charge in [0.1, 0.15) is 0 Å². The van der Waals surface area contributed by atoms with Gasteiger partial charge in [0.2, 0.25) is 5.91 Å². The second-order valence-corrected chi connectivity index (χ2v) is 6.30. The number of carbonyl (C=O) groups excluding carboxylic acids is 1. The summed E-state index contributed by atoms with van der Waals surface area (Å²) in [5, 5.41) is 0. The average Bonchev–Trinajstić information content (AvgIpc) is 2.44. The van der Waals surface area contributed by atoms with Crippen molar-refractivity contribution >= 4 is 5.91 Å². The fraction of sp³-hybridized carbons (Fsp3) is 0.588. The number of hydrogen-bond donors (Lipinski definition) is 1. The third-order valence-corrected chi connectivity index (χ3v) is 4.51. The standard InChI is InChI=1S/C17H26N2O/c1-17(18)12-7-6-10-15(17)16(20)19(2)13-11-14-8-4-3-5-9-14/h3-5,8-9,15H,6-7,10-13,18H2,1-2H3. The monoisotopic (exact) mass is 274 g/mol. The first-order valence-corrected chi connectivity index (χ1v) is 7.58. The summed E-state index contributed by atoms with van der Waals surface area (Å²) < 4.78 is 0.